The van der Waals surface area contributed by atoms with Crippen LogP contribution in [0.4, 0.5) is 4.79 Å². The third-order valence-electron chi connectivity index (χ3n) is 1.00. The van der Waals surface area contributed by atoms with Crippen molar-refractivity contribution in [2.45, 2.75) is 0 Å². The standard InChI is InChI=1S/C5H5N.C3H2N2O/c1-2-4-6-5-3-1;6-3-4-1-2-5-3/h1-5H;1-2H. The molecule has 1 aromatic rings. The van der Waals surface area contributed by atoms with E-state index in [0.29, 0.717) is 0 Å². The van der Waals surface area contributed by atoms with E-state index in [1.54, 1.807) is 12.4 Å². The largest absolute Gasteiger partial charge is 0.367 e. The van der Waals surface area contributed by atoms with E-state index in [0.717, 1.165) is 0 Å². The van der Waals surface area contributed by atoms with Crippen LogP contribution in [0, 0.1) is 0 Å². The van der Waals surface area contributed by atoms with E-state index in [2.05, 4.69) is 15.0 Å². The average Bonchev–Trinajstić information content (AvgIpc) is 2.60. The summed E-state index contributed by atoms with van der Waals surface area (Å²) in [5, 5.41) is 0. The van der Waals surface area contributed by atoms with Gasteiger partial charge in [0.1, 0.15) is 0 Å². The first kappa shape index (κ1) is 8.26. The molecule has 0 saturated heterocycles. The molecule has 0 aliphatic carbocycles. The molecule has 0 radical (unpaired) electrons. The van der Waals surface area contributed by atoms with Crippen molar-refractivity contribution in [2.75, 3.05) is 0 Å². The zero-order valence-corrected chi connectivity index (χ0v) is 6.29. The number of aromatic nitrogens is 1. The molecule has 1 aliphatic heterocycles. The predicted molar refractivity (Wildman–Crippen MR) is 46.6 cm³/mol. The molecule has 4 heteroatoms. The van der Waals surface area contributed by atoms with Crippen LogP contribution in [0.15, 0.2) is 40.6 Å². The van der Waals surface area contributed by atoms with Crippen molar-refractivity contribution < 1.29 is 4.79 Å². The maximum Gasteiger partial charge on any atom is 0.367 e. The molecule has 1 aliphatic rings. The van der Waals surface area contributed by atoms with Gasteiger partial charge in [-0.3, -0.25) is 4.98 Å². The van der Waals surface area contributed by atoms with Crippen molar-refractivity contribution in [2.24, 2.45) is 9.98 Å². The van der Waals surface area contributed by atoms with Gasteiger partial charge in [0.2, 0.25) is 0 Å². The Morgan fingerprint density at radius 1 is 0.917 bits per heavy atom. The first-order valence-electron chi connectivity index (χ1n) is 3.35. The number of aliphatic imine (C=N–C) groups is 2. The maximum atomic E-state index is 9.85. The highest BCUT2D eigenvalue weighted by atomic mass is 16.2. The lowest BCUT2D eigenvalue weighted by Crippen LogP contribution is -1.70. The van der Waals surface area contributed by atoms with Crippen molar-refractivity contribution in [1.82, 2.24) is 4.98 Å². The summed E-state index contributed by atoms with van der Waals surface area (Å²) in [7, 11) is 0. The molecule has 0 aromatic carbocycles. The highest BCUT2D eigenvalue weighted by molar-refractivity contribution is 6.25. The SMILES string of the molecule is O=C1N=CC=N1.c1ccncc1. The molecule has 2 rings (SSSR count). The Kier molecular flexibility index (Phi) is 3.37. The Labute approximate surface area is 69.7 Å². The van der Waals surface area contributed by atoms with Gasteiger partial charge in [-0.2, -0.15) is 9.98 Å². The molecule has 1 aromatic heterocycles. The maximum absolute atomic E-state index is 9.85. The Morgan fingerprint density at radius 3 is 1.67 bits per heavy atom. The lowest BCUT2D eigenvalue weighted by Gasteiger charge is -1.70. The number of carbonyl (C=O) groups excluding carboxylic acids is 1. The molecule has 4 nitrogen and oxygen atoms in total. The van der Waals surface area contributed by atoms with E-state index in [9.17, 15) is 4.79 Å². The first-order valence-corrected chi connectivity index (χ1v) is 3.35. The van der Waals surface area contributed by atoms with Crippen LogP contribution in [0.25, 0.3) is 0 Å². The topological polar surface area (TPSA) is 54.7 Å². The van der Waals surface area contributed by atoms with Gasteiger partial charge in [0.15, 0.2) is 0 Å². The lowest BCUT2D eigenvalue weighted by atomic mass is 10.5. The van der Waals surface area contributed by atoms with Crippen LogP contribution in [-0.4, -0.2) is 23.4 Å². The lowest BCUT2D eigenvalue weighted by molar-refractivity contribution is 0.257. The fourth-order valence-corrected chi connectivity index (χ4v) is 0.540. The number of hydrogen-bond acceptors (Lipinski definition) is 2. The van der Waals surface area contributed by atoms with Crippen molar-refractivity contribution in [3.63, 3.8) is 0 Å². The zero-order valence-electron chi connectivity index (χ0n) is 6.29. The highest BCUT2D eigenvalue weighted by Gasteiger charge is 1.91. The van der Waals surface area contributed by atoms with Crippen molar-refractivity contribution in [3.05, 3.63) is 30.6 Å². The predicted octanol–water partition coefficient (Wildman–Crippen LogP) is 1.34. The molecule has 60 valence electrons. The summed E-state index contributed by atoms with van der Waals surface area (Å²) in [6, 6.07) is 5.31. The van der Waals surface area contributed by atoms with Crippen molar-refractivity contribution in [1.29, 1.82) is 0 Å². The summed E-state index contributed by atoms with van der Waals surface area (Å²) < 4.78 is 0. The molecule has 0 N–H and O–H groups in total. The third-order valence-corrected chi connectivity index (χ3v) is 1.00. The first-order chi connectivity index (χ1) is 5.89. The van der Waals surface area contributed by atoms with Crippen LogP contribution < -0.4 is 0 Å². The van der Waals surface area contributed by atoms with Gasteiger partial charge in [0.05, 0.1) is 12.4 Å². The van der Waals surface area contributed by atoms with Gasteiger partial charge in [0, 0.05) is 12.4 Å². The second kappa shape index (κ2) is 4.90. The summed E-state index contributed by atoms with van der Waals surface area (Å²) in [4.78, 5) is 20.1. The molecule has 0 bridgehead atoms. The van der Waals surface area contributed by atoms with Gasteiger partial charge < -0.3 is 0 Å². The molecule has 2 amide bonds. The number of nitrogens with zero attached hydrogens (tertiary/aromatic N) is 3. The van der Waals surface area contributed by atoms with Gasteiger partial charge in [0.25, 0.3) is 0 Å². The second-order valence-corrected chi connectivity index (χ2v) is 1.86. The quantitative estimate of drug-likeness (QED) is 0.576. The van der Waals surface area contributed by atoms with Crippen molar-refractivity contribution in [3.8, 4) is 0 Å². The molecule has 0 unspecified atom stereocenters. The minimum absolute atomic E-state index is 0.407. The van der Waals surface area contributed by atoms with Crippen LogP contribution in [0.5, 0.6) is 0 Å². The number of amides is 2. The Morgan fingerprint density at radius 2 is 1.50 bits per heavy atom. The number of rotatable bonds is 0. The average molecular weight is 161 g/mol. The van der Waals surface area contributed by atoms with Gasteiger partial charge >= 0.3 is 6.03 Å². The van der Waals surface area contributed by atoms with E-state index in [4.69, 9.17) is 0 Å². The highest BCUT2D eigenvalue weighted by Crippen LogP contribution is 1.81. The zero-order chi connectivity index (χ0) is 8.65. The van der Waals surface area contributed by atoms with Gasteiger partial charge in [-0.25, -0.2) is 4.79 Å². The molecule has 12 heavy (non-hydrogen) atoms. The Balaban J connectivity index is 0.000000120. The molecule has 2 heterocycles. The van der Waals surface area contributed by atoms with E-state index in [-0.39, 0.29) is 0 Å². The Bertz CT molecular complexity index is 252. The second-order valence-electron chi connectivity index (χ2n) is 1.86. The fraction of sp³-hybridized carbons (Fsp3) is 0. The van der Waals surface area contributed by atoms with E-state index in [1.807, 2.05) is 18.2 Å². The number of pyridine rings is 1. The minimum atomic E-state index is -0.407. The fourth-order valence-electron chi connectivity index (χ4n) is 0.540. The van der Waals surface area contributed by atoms with Crippen LogP contribution in [0.2, 0.25) is 0 Å². The monoisotopic (exact) mass is 161 g/mol. The summed E-state index contributed by atoms with van der Waals surface area (Å²) in [6.45, 7) is 0. The van der Waals surface area contributed by atoms with Gasteiger partial charge in [-0.1, -0.05) is 6.07 Å². The summed E-state index contributed by atoms with van der Waals surface area (Å²) in [6.07, 6.45) is 6.23. The number of carbonyl (C=O) groups is 1. The third kappa shape index (κ3) is 3.36. The van der Waals surface area contributed by atoms with Crippen molar-refractivity contribution >= 4 is 18.5 Å². The molecular weight excluding hydrogens is 154 g/mol. The minimum Gasteiger partial charge on any atom is -0.265 e. The van der Waals surface area contributed by atoms with Crippen LogP contribution >= 0.6 is 0 Å². The molecular formula is C8H7N3O. The number of hydrogen-bond donors (Lipinski definition) is 0. The summed E-state index contributed by atoms with van der Waals surface area (Å²) in [5.41, 5.74) is 0. The summed E-state index contributed by atoms with van der Waals surface area (Å²) in [5.74, 6) is 0. The van der Waals surface area contributed by atoms with Gasteiger partial charge in [-0.05, 0) is 12.1 Å². The van der Waals surface area contributed by atoms with Gasteiger partial charge in [-0.15, -0.1) is 0 Å². The van der Waals surface area contributed by atoms with Crippen LogP contribution in [-0.2, 0) is 0 Å². The number of urea groups is 1. The molecule has 0 saturated carbocycles. The van der Waals surface area contributed by atoms with E-state index in [1.165, 1.54) is 12.4 Å². The smallest absolute Gasteiger partial charge is 0.265 e. The molecule has 0 spiro atoms. The Hall–Kier alpha value is -1.84. The molecule has 0 atom stereocenters. The van der Waals surface area contributed by atoms with E-state index < -0.39 is 6.03 Å². The van der Waals surface area contributed by atoms with Crippen LogP contribution in [0.1, 0.15) is 0 Å². The summed E-state index contributed by atoms with van der Waals surface area (Å²) >= 11 is 0. The van der Waals surface area contributed by atoms with E-state index >= 15 is 0 Å². The normalized spacial score (nSPS) is 12.5. The van der Waals surface area contributed by atoms with Crippen LogP contribution in [0.3, 0.4) is 0 Å². The molecule has 0 fully saturated rings.